The monoisotopic (exact) mass is 704 g/mol. The number of hydrogen-bond acceptors (Lipinski definition) is 3. The van der Waals surface area contributed by atoms with Crippen LogP contribution in [0.25, 0.3) is 100 Å². The number of hydrogen-bond donors (Lipinski definition) is 0. The lowest BCUT2D eigenvalue weighted by Crippen LogP contribution is -2.03. The minimum Gasteiger partial charge on any atom is -0.455 e. The zero-order valence-electron chi connectivity index (χ0n) is 29.7. The maximum absolute atomic E-state index is 6.42. The van der Waals surface area contributed by atoms with E-state index in [-0.39, 0.29) is 0 Å². The van der Waals surface area contributed by atoms with E-state index < -0.39 is 0 Å². The van der Waals surface area contributed by atoms with E-state index in [4.69, 9.17) is 14.4 Å². The minimum atomic E-state index is 0.887. The van der Waals surface area contributed by atoms with Gasteiger partial charge in [-0.05, 0) is 65.2 Å². The summed E-state index contributed by atoms with van der Waals surface area (Å²) in [5.74, 6) is 1.77. The van der Waals surface area contributed by atoms with Crippen LogP contribution in [0.4, 0.5) is 0 Å². The molecular formula is C50H32N4O. The molecule has 0 saturated heterocycles. The lowest BCUT2D eigenvalue weighted by Gasteiger charge is -2.17. The van der Waals surface area contributed by atoms with Crippen molar-refractivity contribution in [3.8, 4) is 56.4 Å². The average Bonchev–Trinajstić information content (AvgIpc) is 3.96. The van der Waals surface area contributed by atoms with E-state index in [0.29, 0.717) is 0 Å². The molecule has 5 heteroatoms. The number of rotatable bonds is 6. The van der Waals surface area contributed by atoms with Crippen LogP contribution < -0.4 is 0 Å². The van der Waals surface area contributed by atoms with Gasteiger partial charge in [0.15, 0.2) is 0 Å². The Kier molecular flexibility index (Phi) is 7.10. The van der Waals surface area contributed by atoms with Gasteiger partial charge in [0.1, 0.15) is 22.8 Å². The Bertz CT molecular complexity index is 3050. The Morgan fingerprint density at radius 2 is 0.873 bits per heavy atom. The molecule has 0 amide bonds. The van der Waals surface area contributed by atoms with Gasteiger partial charge in [0, 0.05) is 27.5 Å². The molecule has 0 bridgehead atoms. The molecule has 11 aromatic rings. The van der Waals surface area contributed by atoms with E-state index in [9.17, 15) is 0 Å². The molecule has 258 valence electrons. The first-order valence-corrected chi connectivity index (χ1v) is 18.5. The number of para-hydroxylation sites is 6. The summed E-state index contributed by atoms with van der Waals surface area (Å²) in [5, 5.41) is 2.25. The predicted octanol–water partition coefficient (Wildman–Crippen LogP) is 12.9. The standard InChI is InChI=1S/C50H32N4O/c1-3-14-35(15-4-1)49-51-43-21-8-10-23-45(43)53(49)38-30-37(31-39(32-38)54-46-24-11-9-22-44(46)52-50(54)36-16-5-2-6-17-36)33-26-28-34(29-27-33)40-19-13-20-42-41-18-7-12-25-47(41)55-48(40)42/h1-32H. The summed E-state index contributed by atoms with van der Waals surface area (Å²) in [5.41, 5.74) is 14.2. The molecule has 55 heavy (non-hydrogen) atoms. The van der Waals surface area contributed by atoms with Crippen LogP contribution >= 0.6 is 0 Å². The van der Waals surface area contributed by atoms with Gasteiger partial charge in [-0.1, -0.05) is 146 Å². The van der Waals surface area contributed by atoms with E-state index in [2.05, 4.69) is 167 Å². The first-order valence-electron chi connectivity index (χ1n) is 18.5. The van der Waals surface area contributed by atoms with Crippen molar-refractivity contribution >= 4 is 44.0 Å². The summed E-state index contributed by atoms with van der Waals surface area (Å²) in [4.78, 5) is 10.4. The summed E-state index contributed by atoms with van der Waals surface area (Å²) >= 11 is 0. The van der Waals surface area contributed by atoms with Crippen molar-refractivity contribution in [3.05, 3.63) is 194 Å². The fraction of sp³-hybridized carbons (Fsp3) is 0. The topological polar surface area (TPSA) is 48.8 Å². The molecular weight excluding hydrogens is 673 g/mol. The molecule has 0 fully saturated rings. The van der Waals surface area contributed by atoms with Crippen molar-refractivity contribution in [3.63, 3.8) is 0 Å². The first kappa shape index (κ1) is 31.1. The van der Waals surface area contributed by atoms with Gasteiger partial charge in [-0.3, -0.25) is 9.13 Å². The van der Waals surface area contributed by atoms with Crippen LogP contribution in [0.1, 0.15) is 0 Å². The fourth-order valence-corrected chi connectivity index (χ4v) is 7.97. The second-order valence-corrected chi connectivity index (χ2v) is 13.8. The SMILES string of the molecule is c1ccc(-c2nc3ccccc3n2-c2cc(-c3ccc(-c4cccc5c4oc4ccccc45)cc3)cc(-n3c(-c4ccccc4)nc4ccccc43)c2)cc1. The molecule has 0 spiro atoms. The van der Waals surface area contributed by atoms with Crippen LogP contribution in [0.5, 0.6) is 0 Å². The number of fused-ring (bicyclic) bond motifs is 5. The van der Waals surface area contributed by atoms with Crippen molar-refractivity contribution < 1.29 is 4.42 Å². The molecule has 0 N–H and O–H groups in total. The van der Waals surface area contributed by atoms with Crippen molar-refractivity contribution in [2.75, 3.05) is 0 Å². The van der Waals surface area contributed by atoms with Gasteiger partial charge in [0.05, 0.1) is 33.4 Å². The number of aromatic nitrogens is 4. The van der Waals surface area contributed by atoms with Gasteiger partial charge < -0.3 is 4.42 Å². The second-order valence-electron chi connectivity index (χ2n) is 13.8. The van der Waals surface area contributed by atoms with E-state index in [1.807, 2.05) is 36.4 Å². The predicted molar refractivity (Wildman–Crippen MR) is 225 cm³/mol. The van der Waals surface area contributed by atoms with Crippen molar-refractivity contribution in [1.29, 1.82) is 0 Å². The summed E-state index contributed by atoms with van der Waals surface area (Å²) in [6.07, 6.45) is 0. The molecule has 0 unspecified atom stereocenters. The van der Waals surface area contributed by atoms with E-state index in [1.165, 1.54) is 0 Å². The molecule has 11 rings (SSSR count). The lowest BCUT2D eigenvalue weighted by atomic mass is 9.98. The molecule has 0 aliphatic rings. The number of furan rings is 1. The summed E-state index contributed by atoms with van der Waals surface area (Å²) in [7, 11) is 0. The highest BCUT2D eigenvalue weighted by Gasteiger charge is 2.20. The molecule has 0 saturated carbocycles. The van der Waals surface area contributed by atoms with Crippen molar-refractivity contribution in [2.45, 2.75) is 0 Å². The van der Waals surface area contributed by atoms with Gasteiger partial charge in [-0.25, -0.2) is 9.97 Å². The first-order chi connectivity index (χ1) is 27.3. The molecule has 8 aromatic carbocycles. The van der Waals surface area contributed by atoms with Crippen LogP contribution in [0.3, 0.4) is 0 Å². The summed E-state index contributed by atoms with van der Waals surface area (Å²) in [6, 6.07) is 67.9. The van der Waals surface area contributed by atoms with Crippen LogP contribution in [-0.2, 0) is 0 Å². The highest BCUT2D eigenvalue weighted by atomic mass is 16.3. The Hall–Kier alpha value is -7.50. The van der Waals surface area contributed by atoms with Gasteiger partial charge in [-0.2, -0.15) is 0 Å². The Labute approximate surface area is 317 Å². The van der Waals surface area contributed by atoms with E-state index in [1.54, 1.807) is 0 Å². The number of imidazole rings is 2. The summed E-state index contributed by atoms with van der Waals surface area (Å²) < 4.78 is 11.0. The van der Waals surface area contributed by atoms with Crippen LogP contribution in [-0.4, -0.2) is 19.1 Å². The van der Waals surface area contributed by atoms with Crippen LogP contribution in [0, 0.1) is 0 Å². The third-order valence-electron chi connectivity index (χ3n) is 10.5. The average molecular weight is 705 g/mol. The van der Waals surface area contributed by atoms with Crippen LogP contribution in [0.2, 0.25) is 0 Å². The zero-order valence-corrected chi connectivity index (χ0v) is 29.7. The molecule has 5 nitrogen and oxygen atoms in total. The van der Waals surface area contributed by atoms with Crippen molar-refractivity contribution in [2.24, 2.45) is 0 Å². The molecule has 0 radical (unpaired) electrons. The Morgan fingerprint density at radius 1 is 0.364 bits per heavy atom. The molecule has 0 atom stereocenters. The lowest BCUT2D eigenvalue weighted by molar-refractivity contribution is 0.670. The van der Waals surface area contributed by atoms with Gasteiger partial charge in [0.25, 0.3) is 0 Å². The quantitative estimate of drug-likeness (QED) is 0.173. The summed E-state index contributed by atoms with van der Waals surface area (Å²) in [6.45, 7) is 0. The van der Waals surface area contributed by atoms with Gasteiger partial charge in [0.2, 0.25) is 0 Å². The maximum atomic E-state index is 6.42. The van der Waals surface area contributed by atoms with Crippen LogP contribution in [0.15, 0.2) is 199 Å². The largest absolute Gasteiger partial charge is 0.455 e. The number of nitrogens with zero attached hydrogens (tertiary/aromatic N) is 4. The number of benzene rings is 8. The highest BCUT2D eigenvalue weighted by Crippen LogP contribution is 2.39. The normalized spacial score (nSPS) is 11.6. The van der Waals surface area contributed by atoms with Crippen molar-refractivity contribution in [1.82, 2.24) is 19.1 Å². The van der Waals surface area contributed by atoms with Gasteiger partial charge >= 0.3 is 0 Å². The third-order valence-corrected chi connectivity index (χ3v) is 10.5. The molecule has 3 aromatic heterocycles. The molecule has 3 heterocycles. The smallest absolute Gasteiger partial charge is 0.145 e. The zero-order chi connectivity index (χ0) is 36.3. The Balaban J connectivity index is 1.14. The van der Waals surface area contributed by atoms with E-state index in [0.717, 1.165) is 100 Å². The van der Waals surface area contributed by atoms with Gasteiger partial charge in [-0.15, -0.1) is 0 Å². The molecule has 0 aliphatic carbocycles. The molecule has 0 aliphatic heterocycles. The van der Waals surface area contributed by atoms with E-state index >= 15 is 0 Å². The Morgan fingerprint density at radius 3 is 1.49 bits per heavy atom. The third kappa shape index (κ3) is 5.17. The minimum absolute atomic E-state index is 0.887. The second kappa shape index (κ2) is 12.6. The highest BCUT2D eigenvalue weighted by molar-refractivity contribution is 6.09. The maximum Gasteiger partial charge on any atom is 0.145 e. The fourth-order valence-electron chi connectivity index (χ4n) is 7.97.